The molecule has 39 heavy (non-hydrogen) atoms. The molecule has 2 aromatic heterocycles. The predicted octanol–water partition coefficient (Wildman–Crippen LogP) is 1.54. The van der Waals surface area contributed by atoms with Gasteiger partial charge < -0.3 is 24.8 Å². The Morgan fingerprint density at radius 3 is 1.62 bits per heavy atom. The van der Waals surface area contributed by atoms with Crippen molar-refractivity contribution in [3.63, 3.8) is 0 Å². The third-order valence-electron chi connectivity index (χ3n) is 7.90. The van der Waals surface area contributed by atoms with Crippen molar-refractivity contribution in [3.8, 4) is 5.69 Å². The molecule has 0 aliphatic heterocycles. The molecule has 4 rings (SSSR count). The summed E-state index contributed by atoms with van der Waals surface area (Å²) in [5.41, 5.74) is 7.91. The van der Waals surface area contributed by atoms with E-state index in [9.17, 15) is 0 Å². The van der Waals surface area contributed by atoms with Gasteiger partial charge in [0.1, 0.15) is 30.5 Å². The number of nitrogens with zero attached hydrogens (tertiary/aromatic N) is 3. The molecule has 1 atom stereocenters. The second-order valence-corrected chi connectivity index (χ2v) is 11.6. The van der Waals surface area contributed by atoms with Crippen LogP contribution < -0.4 is 33.9 Å². The second-order valence-electron chi connectivity index (χ2n) is 11.6. The highest BCUT2D eigenvalue weighted by Crippen LogP contribution is 2.37. The van der Waals surface area contributed by atoms with Crippen LogP contribution in [0.15, 0.2) is 73.8 Å². The summed E-state index contributed by atoms with van der Waals surface area (Å²) in [6.07, 6.45) is 14.1. The van der Waals surface area contributed by atoms with Crippen molar-refractivity contribution in [1.29, 1.82) is 0 Å². The van der Waals surface area contributed by atoms with E-state index in [0.29, 0.717) is 23.7 Å². The molecule has 2 heterocycles. The zero-order valence-corrected chi connectivity index (χ0v) is 26.6. The Morgan fingerprint density at radius 1 is 0.718 bits per heavy atom. The zero-order chi connectivity index (χ0) is 26.9. The van der Waals surface area contributed by atoms with Crippen LogP contribution >= 0.6 is 0 Å². The first-order valence-corrected chi connectivity index (χ1v) is 14.0. The van der Waals surface area contributed by atoms with E-state index < -0.39 is 5.66 Å². The van der Waals surface area contributed by atoms with Gasteiger partial charge in [0.2, 0.25) is 6.33 Å². The SMILES string of the molecule is CCC(c1c(C(C)C)cccc1C(C)C)([n+]1cc[nH]c1)[n+]1ccn(-c2c(C(C)C)cccc2C(C)C)c1.[Cl-].[Cl-]. The predicted molar refractivity (Wildman–Crippen MR) is 153 cm³/mol. The number of hydrogen-bond acceptors (Lipinski definition) is 0. The minimum Gasteiger partial charge on any atom is -1.00 e. The second kappa shape index (κ2) is 13.2. The minimum atomic E-state index is -0.406. The van der Waals surface area contributed by atoms with Crippen LogP contribution in [-0.2, 0) is 5.66 Å². The fraction of sp³-hybridized carbons (Fsp3) is 0.455. The van der Waals surface area contributed by atoms with Gasteiger partial charge in [-0.2, -0.15) is 9.13 Å². The fourth-order valence-electron chi connectivity index (χ4n) is 5.98. The number of aromatic amines is 1. The molecule has 0 fully saturated rings. The van der Waals surface area contributed by atoms with Crippen LogP contribution in [0, 0.1) is 0 Å². The molecule has 0 saturated carbocycles. The highest BCUT2D eigenvalue weighted by molar-refractivity contribution is 5.51. The summed E-state index contributed by atoms with van der Waals surface area (Å²) in [4.78, 5) is 3.34. The van der Waals surface area contributed by atoms with Crippen molar-refractivity contribution in [1.82, 2.24) is 9.55 Å². The van der Waals surface area contributed by atoms with Gasteiger partial charge in [-0.15, -0.1) is 0 Å². The lowest BCUT2D eigenvalue weighted by atomic mass is 9.80. The Hall–Kier alpha value is -2.56. The molecule has 0 amide bonds. The third kappa shape index (κ3) is 5.83. The first-order chi connectivity index (χ1) is 17.6. The van der Waals surface area contributed by atoms with Gasteiger partial charge in [0.25, 0.3) is 12.0 Å². The Kier molecular flexibility index (Phi) is 11.0. The molecule has 2 aromatic carbocycles. The summed E-state index contributed by atoms with van der Waals surface area (Å²) >= 11 is 0. The molecular weight excluding hydrogens is 523 g/mol. The van der Waals surface area contributed by atoms with Crippen molar-refractivity contribution >= 4 is 0 Å². The van der Waals surface area contributed by atoms with Crippen molar-refractivity contribution < 1.29 is 33.9 Å². The van der Waals surface area contributed by atoms with Gasteiger partial charge in [0.05, 0.1) is 5.56 Å². The van der Waals surface area contributed by atoms with Crippen LogP contribution in [0.25, 0.3) is 5.69 Å². The quantitative estimate of drug-likeness (QED) is 0.297. The lowest BCUT2D eigenvalue weighted by Crippen LogP contribution is -3.00. The number of hydrogen-bond donors (Lipinski definition) is 1. The molecule has 1 unspecified atom stereocenters. The number of halogens is 2. The first kappa shape index (κ1) is 32.7. The van der Waals surface area contributed by atoms with E-state index in [-0.39, 0.29) is 24.8 Å². The number of para-hydroxylation sites is 1. The summed E-state index contributed by atoms with van der Waals surface area (Å²) in [6.45, 7) is 20.7. The van der Waals surface area contributed by atoms with Crippen molar-refractivity contribution in [2.24, 2.45) is 0 Å². The Morgan fingerprint density at radius 2 is 1.21 bits per heavy atom. The van der Waals surface area contributed by atoms with Gasteiger partial charge in [-0.3, -0.25) is 4.98 Å². The van der Waals surface area contributed by atoms with Crippen LogP contribution in [0.4, 0.5) is 0 Å². The molecule has 0 saturated heterocycles. The smallest absolute Gasteiger partial charge is 0.278 e. The number of rotatable bonds is 9. The molecule has 0 bridgehead atoms. The standard InChI is InChI=1S/C33H45N4.2ClH/c1-10-33(36-18-17-34-21-36,31-27(23(2)3)13-11-14-28(31)24(4)5)37-20-19-35(22-37)32-29(25(6)7)15-12-16-30(32)26(8)9;;/h11-26H,10H2,1-9H3;2*1H/q+1;;/p-1. The van der Waals surface area contributed by atoms with Crippen LogP contribution in [0.3, 0.4) is 0 Å². The van der Waals surface area contributed by atoms with Crippen LogP contribution in [0.5, 0.6) is 0 Å². The van der Waals surface area contributed by atoms with E-state index in [2.05, 4.69) is 149 Å². The average Bonchev–Trinajstić information content (AvgIpc) is 3.58. The van der Waals surface area contributed by atoms with Crippen molar-refractivity contribution in [2.45, 2.75) is 98.1 Å². The normalized spacial score (nSPS) is 13.1. The molecule has 6 heteroatoms. The zero-order valence-electron chi connectivity index (χ0n) is 25.0. The molecule has 0 aliphatic rings. The van der Waals surface area contributed by atoms with Gasteiger partial charge in [-0.05, 0) is 34.8 Å². The van der Waals surface area contributed by atoms with Crippen LogP contribution in [-0.4, -0.2) is 9.55 Å². The topological polar surface area (TPSA) is 28.5 Å². The summed E-state index contributed by atoms with van der Waals surface area (Å²) < 4.78 is 7.16. The molecule has 4 aromatic rings. The molecule has 1 N–H and O–H groups in total. The van der Waals surface area contributed by atoms with E-state index in [4.69, 9.17) is 0 Å². The summed E-state index contributed by atoms with van der Waals surface area (Å²) in [5, 5.41) is 0. The van der Waals surface area contributed by atoms with E-state index in [1.54, 1.807) is 0 Å². The van der Waals surface area contributed by atoms with Gasteiger partial charge >= 0.3 is 0 Å². The van der Waals surface area contributed by atoms with Gasteiger partial charge in [-0.1, -0.05) is 98.7 Å². The van der Waals surface area contributed by atoms with Crippen molar-refractivity contribution in [3.05, 3.63) is 102 Å². The maximum absolute atomic E-state index is 3.34. The van der Waals surface area contributed by atoms with Crippen LogP contribution in [0.2, 0.25) is 0 Å². The van der Waals surface area contributed by atoms with Gasteiger partial charge in [0, 0.05) is 17.5 Å². The largest absolute Gasteiger partial charge is 1.00 e. The maximum Gasteiger partial charge on any atom is 0.278 e. The van der Waals surface area contributed by atoms with Crippen LogP contribution in [0.1, 0.15) is 120 Å². The lowest BCUT2D eigenvalue weighted by Gasteiger charge is -2.32. The highest BCUT2D eigenvalue weighted by atomic mass is 35.5. The summed E-state index contributed by atoms with van der Waals surface area (Å²) in [5.74, 6) is 1.70. The van der Waals surface area contributed by atoms with E-state index in [0.717, 1.165) is 6.42 Å². The molecular formula is C33H46Cl2N4. The molecule has 0 aliphatic carbocycles. The Bertz CT molecular complexity index is 1280. The van der Waals surface area contributed by atoms with Crippen molar-refractivity contribution in [2.75, 3.05) is 0 Å². The highest BCUT2D eigenvalue weighted by Gasteiger charge is 2.47. The lowest BCUT2D eigenvalue weighted by molar-refractivity contribution is -0.983. The Labute approximate surface area is 248 Å². The number of benzene rings is 2. The van der Waals surface area contributed by atoms with E-state index in [1.165, 1.54) is 33.5 Å². The number of H-pyrrole nitrogens is 1. The number of nitrogens with one attached hydrogen (secondary N) is 1. The maximum atomic E-state index is 3.34. The molecule has 0 spiro atoms. The summed E-state index contributed by atoms with van der Waals surface area (Å²) in [6, 6.07) is 13.7. The molecule has 0 radical (unpaired) electrons. The average molecular weight is 570 g/mol. The molecule has 4 nitrogen and oxygen atoms in total. The summed E-state index contributed by atoms with van der Waals surface area (Å²) in [7, 11) is 0. The monoisotopic (exact) mass is 568 g/mol. The van der Waals surface area contributed by atoms with E-state index >= 15 is 0 Å². The number of aromatic nitrogens is 4. The van der Waals surface area contributed by atoms with E-state index in [1.807, 2.05) is 6.20 Å². The Balaban J connectivity index is 0.00000267. The first-order valence-electron chi connectivity index (χ1n) is 14.0. The minimum absolute atomic E-state index is 0. The molecule has 212 valence electrons. The third-order valence-corrected chi connectivity index (χ3v) is 7.90. The van der Waals surface area contributed by atoms with Gasteiger partial charge in [0.15, 0.2) is 0 Å². The van der Waals surface area contributed by atoms with Gasteiger partial charge in [-0.25, -0.2) is 4.57 Å². The fourth-order valence-corrected chi connectivity index (χ4v) is 5.98. The number of imidazole rings is 2.